The fourth-order valence-corrected chi connectivity index (χ4v) is 5.07. The minimum Gasteiger partial charge on any atom is -0.417 e. The van der Waals surface area contributed by atoms with Crippen molar-refractivity contribution in [1.29, 1.82) is 0 Å². The van der Waals surface area contributed by atoms with Gasteiger partial charge in [-0.05, 0) is 31.6 Å². The van der Waals surface area contributed by atoms with Gasteiger partial charge in [0.15, 0.2) is 8.32 Å². The summed E-state index contributed by atoms with van der Waals surface area (Å²) in [5.74, 6) is 0. The highest BCUT2D eigenvalue weighted by Gasteiger charge is 2.24. The Bertz CT molecular complexity index is 328. The van der Waals surface area contributed by atoms with Gasteiger partial charge in [0, 0.05) is 6.61 Å². The monoisotopic (exact) mass is 278 g/mol. The molecule has 0 amide bonds. The Balaban J connectivity index is 0.000000184. The van der Waals surface area contributed by atoms with Gasteiger partial charge in [0.05, 0.1) is 9.52 Å². The molecule has 1 nitrogen and oxygen atoms in total. The summed E-state index contributed by atoms with van der Waals surface area (Å²) in [6.45, 7) is 9.33. The highest BCUT2D eigenvalue weighted by molar-refractivity contribution is 6.71. The first kappa shape index (κ1) is 15.4. The van der Waals surface area contributed by atoms with E-state index in [4.69, 9.17) is 4.43 Å². The van der Waals surface area contributed by atoms with Gasteiger partial charge in [-0.25, -0.2) is 0 Å². The lowest BCUT2D eigenvalue weighted by Gasteiger charge is -2.27. The number of hydrogen-bond acceptors (Lipinski definition) is 1. The number of rotatable bonds is 3. The quantitative estimate of drug-likeness (QED) is 0.610. The van der Waals surface area contributed by atoms with Gasteiger partial charge in [-0.15, -0.1) is 6.58 Å². The second-order valence-electron chi connectivity index (χ2n) is 5.38. The molecule has 1 fully saturated rings. The van der Waals surface area contributed by atoms with Crippen LogP contribution in [0.5, 0.6) is 0 Å². The normalized spacial score (nSPS) is 18.1. The molecule has 1 aliphatic rings. The van der Waals surface area contributed by atoms with Crippen molar-refractivity contribution in [2.45, 2.75) is 38.0 Å². The van der Waals surface area contributed by atoms with E-state index in [2.05, 4.69) is 50.0 Å². The molecule has 18 heavy (non-hydrogen) atoms. The first-order valence-electron chi connectivity index (χ1n) is 6.93. The molecule has 0 spiro atoms. The van der Waals surface area contributed by atoms with Crippen LogP contribution in [0.25, 0.3) is 0 Å². The summed E-state index contributed by atoms with van der Waals surface area (Å²) < 4.78 is 5.60. The zero-order valence-corrected chi connectivity index (χ0v) is 14.2. The molecule has 1 aliphatic heterocycles. The summed E-state index contributed by atoms with van der Waals surface area (Å²) in [6, 6.07) is 13.3. The van der Waals surface area contributed by atoms with Crippen LogP contribution in [-0.4, -0.2) is 24.4 Å². The minimum absolute atomic E-state index is 0.0295. The molecule has 1 saturated heterocycles. The van der Waals surface area contributed by atoms with E-state index in [0.717, 1.165) is 6.61 Å². The largest absolute Gasteiger partial charge is 0.417 e. The maximum absolute atomic E-state index is 5.60. The highest BCUT2D eigenvalue weighted by Crippen LogP contribution is 2.20. The molecule has 2 rings (SSSR count). The zero-order valence-electron chi connectivity index (χ0n) is 11.8. The number of allylic oxidation sites excluding steroid dienone is 1. The topological polar surface area (TPSA) is 9.23 Å². The van der Waals surface area contributed by atoms with Crippen LogP contribution in [-0.2, 0) is 4.43 Å². The Morgan fingerprint density at radius 1 is 1.28 bits per heavy atom. The lowest BCUT2D eigenvalue weighted by Crippen LogP contribution is -2.33. The Hall–Kier alpha value is -0.646. The van der Waals surface area contributed by atoms with Crippen molar-refractivity contribution in [3.63, 3.8) is 0 Å². The van der Waals surface area contributed by atoms with Gasteiger partial charge in [-0.1, -0.05) is 48.0 Å². The molecule has 0 radical (unpaired) electrons. The molecule has 0 atom stereocenters. The average Bonchev–Trinajstić information content (AvgIpc) is 2.38. The summed E-state index contributed by atoms with van der Waals surface area (Å²) in [4.78, 5) is 0. The molecule has 0 N–H and O–H groups in total. The van der Waals surface area contributed by atoms with Gasteiger partial charge >= 0.3 is 0 Å². The van der Waals surface area contributed by atoms with Crippen molar-refractivity contribution in [2.75, 3.05) is 6.61 Å². The van der Waals surface area contributed by atoms with Crippen LogP contribution in [0.2, 0.25) is 25.2 Å². The van der Waals surface area contributed by atoms with E-state index in [1.54, 1.807) is 0 Å². The molecular formula is C15H26OSi2. The Labute approximate surface area is 115 Å². The molecule has 0 saturated carbocycles. The lowest BCUT2D eigenvalue weighted by molar-refractivity contribution is 0.275. The van der Waals surface area contributed by atoms with Crippen LogP contribution in [0.15, 0.2) is 43.0 Å². The summed E-state index contributed by atoms with van der Waals surface area (Å²) in [7, 11) is -1.12. The van der Waals surface area contributed by atoms with Crippen LogP contribution >= 0.6 is 0 Å². The predicted molar refractivity (Wildman–Crippen MR) is 87.1 cm³/mol. The molecular weight excluding hydrogens is 252 g/mol. The van der Waals surface area contributed by atoms with Crippen LogP contribution in [0, 0.1) is 0 Å². The van der Waals surface area contributed by atoms with Crippen molar-refractivity contribution in [1.82, 2.24) is 0 Å². The van der Waals surface area contributed by atoms with Crippen molar-refractivity contribution in [2.24, 2.45) is 0 Å². The first-order chi connectivity index (χ1) is 8.64. The van der Waals surface area contributed by atoms with E-state index in [0.29, 0.717) is 0 Å². The van der Waals surface area contributed by atoms with Crippen molar-refractivity contribution in [3.05, 3.63) is 43.0 Å². The van der Waals surface area contributed by atoms with Gasteiger partial charge in [0.25, 0.3) is 0 Å². The van der Waals surface area contributed by atoms with Gasteiger partial charge in [0.1, 0.15) is 0 Å². The average molecular weight is 279 g/mol. The van der Waals surface area contributed by atoms with Gasteiger partial charge < -0.3 is 4.43 Å². The van der Waals surface area contributed by atoms with Crippen LogP contribution in [0.1, 0.15) is 12.8 Å². The lowest BCUT2D eigenvalue weighted by atomic mass is 10.4. The second-order valence-corrected chi connectivity index (χ2v) is 11.6. The molecule has 0 aromatic heterocycles. The number of benzene rings is 1. The van der Waals surface area contributed by atoms with Crippen LogP contribution in [0.3, 0.4) is 0 Å². The first-order valence-corrected chi connectivity index (χ1v) is 11.7. The van der Waals surface area contributed by atoms with Gasteiger partial charge in [-0.2, -0.15) is 0 Å². The predicted octanol–water partition coefficient (Wildman–Crippen LogP) is 3.09. The van der Waals surface area contributed by atoms with Gasteiger partial charge in [-0.3, -0.25) is 0 Å². The highest BCUT2D eigenvalue weighted by atomic mass is 28.4. The molecule has 3 heteroatoms. The van der Waals surface area contributed by atoms with Crippen LogP contribution < -0.4 is 5.19 Å². The van der Waals surface area contributed by atoms with E-state index >= 15 is 0 Å². The molecule has 1 aromatic rings. The number of hydrogen-bond donors (Lipinski definition) is 0. The smallest absolute Gasteiger partial charge is 0.186 e. The van der Waals surface area contributed by atoms with E-state index in [9.17, 15) is 0 Å². The molecule has 0 aliphatic carbocycles. The minimum atomic E-state index is -1.09. The molecule has 1 heterocycles. The summed E-state index contributed by atoms with van der Waals surface area (Å²) in [5.41, 5.74) is 0. The molecule has 1 aromatic carbocycles. The van der Waals surface area contributed by atoms with Crippen molar-refractivity contribution in [3.8, 4) is 0 Å². The fourth-order valence-electron chi connectivity index (χ4n) is 1.99. The summed E-state index contributed by atoms with van der Waals surface area (Å²) in [5, 5.41) is 1.53. The van der Waals surface area contributed by atoms with E-state index in [1.165, 1.54) is 30.1 Å². The standard InChI is InChI=1S/C9H12Si.C6H14OSi/c1-2-8-10-9-6-4-3-5-7-9;1-8(2)6-4-3-5-7-8/h2-7H,1,8,10H2;3-6H2,1-2H3. The molecule has 0 bridgehead atoms. The molecule has 100 valence electrons. The third-order valence-electron chi connectivity index (χ3n) is 3.15. The Morgan fingerprint density at radius 3 is 2.44 bits per heavy atom. The van der Waals surface area contributed by atoms with E-state index < -0.39 is 8.32 Å². The maximum Gasteiger partial charge on any atom is 0.186 e. The maximum atomic E-state index is 5.60. The van der Waals surface area contributed by atoms with Crippen molar-refractivity contribution >= 4 is 23.0 Å². The third kappa shape index (κ3) is 6.94. The zero-order chi connectivity index (χ0) is 13.3. The van der Waals surface area contributed by atoms with E-state index in [-0.39, 0.29) is 9.52 Å². The Morgan fingerprint density at radius 2 is 2.00 bits per heavy atom. The van der Waals surface area contributed by atoms with E-state index in [1.807, 2.05) is 6.08 Å². The van der Waals surface area contributed by atoms with Crippen molar-refractivity contribution < 1.29 is 4.43 Å². The molecule has 0 unspecified atom stereocenters. The summed E-state index contributed by atoms with van der Waals surface area (Å²) in [6.07, 6.45) is 4.70. The van der Waals surface area contributed by atoms with Crippen LogP contribution in [0.4, 0.5) is 0 Å². The fraction of sp³-hybridized carbons (Fsp3) is 0.467. The summed E-state index contributed by atoms with van der Waals surface area (Å²) >= 11 is 0. The third-order valence-corrected chi connectivity index (χ3v) is 7.43. The second kappa shape index (κ2) is 8.45. The van der Waals surface area contributed by atoms with Gasteiger partial charge in [0.2, 0.25) is 0 Å². The SMILES string of the molecule is C=CC[SiH2]c1ccccc1.C[Si]1(C)CCCCO1. The Kier molecular flexibility index (Phi) is 7.24.